The smallest absolute Gasteiger partial charge is 0.289 e. The van der Waals surface area contributed by atoms with Crippen LogP contribution in [0, 0.1) is 0 Å². The van der Waals surface area contributed by atoms with Gasteiger partial charge in [-0.3, -0.25) is 9.78 Å². The molecule has 0 N–H and O–H groups in total. The van der Waals surface area contributed by atoms with E-state index in [1.807, 2.05) is 0 Å². The number of carbonyl (C=O) groups excluding carboxylic acids is 1. The summed E-state index contributed by atoms with van der Waals surface area (Å²) < 4.78 is 36.1. The van der Waals surface area contributed by atoms with E-state index in [0.29, 0.717) is 4.47 Å². The van der Waals surface area contributed by atoms with Gasteiger partial charge in [0.1, 0.15) is 0 Å². The Morgan fingerprint density at radius 1 is 1.50 bits per heavy atom. The zero-order valence-corrected chi connectivity index (χ0v) is 8.39. The lowest BCUT2D eigenvalue weighted by Gasteiger charge is -2.05. The van der Waals surface area contributed by atoms with Crippen LogP contribution in [0.5, 0.6) is 0 Å². The van der Waals surface area contributed by atoms with Crippen molar-refractivity contribution in [1.82, 2.24) is 4.98 Å². The number of ketones is 1. The molecule has 0 saturated carbocycles. The van der Waals surface area contributed by atoms with E-state index in [4.69, 9.17) is 0 Å². The molecule has 1 aromatic rings. The maximum absolute atomic E-state index is 11.9. The molecule has 0 amide bonds. The van der Waals surface area contributed by atoms with Gasteiger partial charge in [-0.05, 0) is 27.6 Å². The van der Waals surface area contributed by atoms with Crippen LogP contribution in [-0.2, 0) is 11.2 Å². The molecule has 0 aliphatic heterocycles. The third-order valence-corrected chi connectivity index (χ3v) is 2.24. The molecule has 0 radical (unpaired) electrons. The van der Waals surface area contributed by atoms with Crippen molar-refractivity contribution < 1.29 is 18.0 Å². The summed E-state index contributed by atoms with van der Waals surface area (Å²) in [6.45, 7) is 0. The van der Waals surface area contributed by atoms with Crippen LogP contribution in [0.4, 0.5) is 13.2 Å². The van der Waals surface area contributed by atoms with Crippen LogP contribution < -0.4 is 0 Å². The highest BCUT2D eigenvalue weighted by atomic mass is 79.9. The molecule has 6 heteroatoms. The Balaban J connectivity index is 2.80. The van der Waals surface area contributed by atoms with Gasteiger partial charge >= 0.3 is 6.18 Å². The highest BCUT2D eigenvalue weighted by molar-refractivity contribution is 9.10. The number of pyridine rings is 1. The summed E-state index contributed by atoms with van der Waals surface area (Å²) in [5.74, 6) is -1.76. The standard InChI is InChI=1S/C8H5BrF3NO/c9-6-4-13-2-1-5(6)3-7(14)8(10,11)12/h1-2,4H,3H2. The summed E-state index contributed by atoms with van der Waals surface area (Å²) in [5.41, 5.74) is 0.280. The molecule has 2 nitrogen and oxygen atoms in total. The van der Waals surface area contributed by atoms with Gasteiger partial charge < -0.3 is 0 Å². The zero-order valence-electron chi connectivity index (χ0n) is 6.81. The predicted octanol–water partition coefficient (Wildman–Crippen LogP) is 2.52. The molecule has 0 unspecified atom stereocenters. The normalized spacial score (nSPS) is 11.4. The highest BCUT2D eigenvalue weighted by Gasteiger charge is 2.37. The topological polar surface area (TPSA) is 30.0 Å². The van der Waals surface area contributed by atoms with Gasteiger partial charge in [-0.25, -0.2) is 0 Å². The van der Waals surface area contributed by atoms with E-state index >= 15 is 0 Å². The highest BCUT2D eigenvalue weighted by Crippen LogP contribution is 2.21. The van der Waals surface area contributed by atoms with Crippen molar-refractivity contribution in [1.29, 1.82) is 0 Å². The Kier molecular flexibility index (Phi) is 3.25. The monoisotopic (exact) mass is 267 g/mol. The van der Waals surface area contributed by atoms with Crippen LogP contribution in [-0.4, -0.2) is 16.9 Å². The first-order chi connectivity index (χ1) is 6.41. The molecule has 0 aliphatic rings. The number of halogens is 4. The lowest BCUT2D eigenvalue weighted by atomic mass is 10.1. The number of nitrogens with zero attached hydrogens (tertiary/aromatic N) is 1. The molecule has 0 fully saturated rings. The van der Waals surface area contributed by atoms with Crippen LogP contribution >= 0.6 is 15.9 Å². The average Bonchev–Trinajstić information content (AvgIpc) is 2.07. The molecule has 14 heavy (non-hydrogen) atoms. The van der Waals surface area contributed by atoms with Crippen molar-refractivity contribution in [2.45, 2.75) is 12.6 Å². The van der Waals surface area contributed by atoms with E-state index in [9.17, 15) is 18.0 Å². The second-order valence-corrected chi connectivity index (χ2v) is 3.42. The maximum atomic E-state index is 11.9. The summed E-state index contributed by atoms with van der Waals surface area (Å²) in [7, 11) is 0. The number of Topliss-reactive ketones (excluding diaryl/α,β-unsaturated/α-hetero) is 1. The van der Waals surface area contributed by atoms with E-state index in [2.05, 4.69) is 20.9 Å². The second-order valence-electron chi connectivity index (χ2n) is 2.56. The van der Waals surface area contributed by atoms with Crippen LogP contribution in [0.3, 0.4) is 0 Å². The molecule has 0 aromatic carbocycles. The van der Waals surface area contributed by atoms with Gasteiger partial charge in [0.15, 0.2) is 0 Å². The molecule has 0 aliphatic carbocycles. The summed E-state index contributed by atoms with van der Waals surface area (Å²) >= 11 is 3.01. The van der Waals surface area contributed by atoms with Gasteiger partial charge in [-0.2, -0.15) is 13.2 Å². The van der Waals surface area contributed by atoms with Crippen LogP contribution in [0.2, 0.25) is 0 Å². The van der Waals surface area contributed by atoms with Crippen LogP contribution in [0.15, 0.2) is 22.9 Å². The lowest BCUT2D eigenvalue weighted by molar-refractivity contribution is -0.170. The number of carbonyl (C=O) groups is 1. The number of aromatic nitrogens is 1. The Morgan fingerprint density at radius 2 is 2.14 bits per heavy atom. The van der Waals surface area contributed by atoms with E-state index < -0.39 is 18.4 Å². The predicted molar refractivity (Wildman–Crippen MR) is 46.7 cm³/mol. The lowest BCUT2D eigenvalue weighted by Crippen LogP contribution is -2.24. The largest absolute Gasteiger partial charge is 0.450 e. The Bertz CT molecular complexity index is 351. The van der Waals surface area contributed by atoms with Crippen LogP contribution in [0.1, 0.15) is 5.56 Å². The fourth-order valence-electron chi connectivity index (χ4n) is 0.821. The number of alkyl halides is 3. The van der Waals surface area contributed by atoms with Crippen molar-refractivity contribution in [2.24, 2.45) is 0 Å². The molecule has 0 spiro atoms. The first kappa shape index (κ1) is 11.2. The molecule has 1 heterocycles. The fourth-order valence-corrected chi connectivity index (χ4v) is 1.21. The first-order valence-corrected chi connectivity index (χ1v) is 4.39. The average molecular weight is 268 g/mol. The van der Waals surface area contributed by atoms with E-state index in [1.165, 1.54) is 18.5 Å². The van der Waals surface area contributed by atoms with Crippen molar-refractivity contribution in [3.05, 3.63) is 28.5 Å². The minimum absolute atomic E-state index is 0.280. The Morgan fingerprint density at radius 3 is 2.64 bits per heavy atom. The first-order valence-electron chi connectivity index (χ1n) is 3.59. The van der Waals surface area contributed by atoms with Gasteiger partial charge in [0.2, 0.25) is 5.78 Å². The molecule has 0 saturated heterocycles. The quantitative estimate of drug-likeness (QED) is 0.824. The molecule has 0 bridgehead atoms. The van der Waals surface area contributed by atoms with Crippen LogP contribution in [0.25, 0.3) is 0 Å². The summed E-state index contributed by atoms with van der Waals surface area (Å²) in [6.07, 6.45) is -2.75. The number of hydrogen-bond donors (Lipinski definition) is 0. The number of hydrogen-bond acceptors (Lipinski definition) is 2. The minimum atomic E-state index is -4.78. The molecule has 0 atom stereocenters. The minimum Gasteiger partial charge on any atom is -0.289 e. The second kappa shape index (κ2) is 4.08. The Labute approximate surface area is 86.3 Å². The summed E-state index contributed by atoms with van der Waals surface area (Å²) in [5, 5.41) is 0. The van der Waals surface area contributed by atoms with Crippen molar-refractivity contribution >= 4 is 21.7 Å². The van der Waals surface area contributed by atoms with E-state index in [0.717, 1.165) is 0 Å². The SMILES string of the molecule is O=C(Cc1ccncc1Br)C(F)(F)F. The Hall–Kier alpha value is -0.910. The summed E-state index contributed by atoms with van der Waals surface area (Å²) in [4.78, 5) is 14.3. The third kappa shape index (κ3) is 2.80. The summed E-state index contributed by atoms with van der Waals surface area (Å²) in [6, 6.07) is 1.37. The molecule has 76 valence electrons. The fraction of sp³-hybridized carbons (Fsp3) is 0.250. The van der Waals surface area contributed by atoms with Crippen molar-refractivity contribution in [3.8, 4) is 0 Å². The maximum Gasteiger partial charge on any atom is 0.450 e. The zero-order chi connectivity index (χ0) is 10.8. The number of rotatable bonds is 2. The third-order valence-electron chi connectivity index (χ3n) is 1.52. The van der Waals surface area contributed by atoms with E-state index in [-0.39, 0.29) is 5.56 Å². The molecule has 1 aromatic heterocycles. The van der Waals surface area contributed by atoms with Gasteiger partial charge in [0.25, 0.3) is 0 Å². The van der Waals surface area contributed by atoms with Gasteiger partial charge in [0, 0.05) is 23.3 Å². The van der Waals surface area contributed by atoms with Crippen molar-refractivity contribution in [2.75, 3.05) is 0 Å². The van der Waals surface area contributed by atoms with Crippen molar-refractivity contribution in [3.63, 3.8) is 0 Å². The van der Waals surface area contributed by atoms with Gasteiger partial charge in [-0.1, -0.05) is 0 Å². The molecular formula is C8H5BrF3NO. The molecular weight excluding hydrogens is 263 g/mol. The van der Waals surface area contributed by atoms with E-state index in [1.54, 1.807) is 0 Å². The van der Waals surface area contributed by atoms with Gasteiger partial charge in [-0.15, -0.1) is 0 Å². The molecule has 1 rings (SSSR count). The van der Waals surface area contributed by atoms with Gasteiger partial charge in [0.05, 0.1) is 0 Å².